The second-order valence-corrected chi connectivity index (χ2v) is 5.64. The molecular formula is C17H25N3O4. The SMILES string of the molecule is COCC(=O)NCc1ccccc1N1CCN(C(=O)COC)CC1. The van der Waals surface area contributed by atoms with Crippen LogP contribution in [0.5, 0.6) is 0 Å². The molecular weight excluding hydrogens is 310 g/mol. The maximum absolute atomic E-state index is 11.9. The number of piperazine rings is 1. The minimum Gasteiger partial charge on any atom is -0.375 e. The van der Waals surface area contributed by atoms with Crippen LogP contribution in [0.1, 0.15) is 5.56 Å². The fraction of sp³-hybridized carbons (Fsp3) is 0.529. The molecule has 0 unspecified atom stereocenters. The van der Waals surface area contributed by atoms with E-state index in [2.05, 4.69) is 10.2 Å². The van der Waals surface area contributed by atoms with Crippen LogP contribution in [0.4, 0.5) is 5.69 Å². The first-order valence-corrected chi connectivity index (χ1v) is 8.01. The number of hydrogen-bond acceptors (Lipinski definition) is 5. The first kappa shape index (κ1) is 18.2. The summed E-state index contributed by atoms with van der Waals surface area (Å²) in [5.74, 6) is -0.112. The largest absolute Gasteiger partial charge is 0.375 e. The van der Waals surface area contributed by atoms with Gasteiger partial charge in [0.1, 0.15) is 13.2 Å². The smallest absolute Gasteiger partial charge is 0.248 e. The molecule has 132 valence electrons. The number of ether oxygens (including phenoxy) is 2. The molecule has 24 heavy (non-hydrogen) atoms. The number of hydrogen-bond donors (Lipinski definition) is 1. The Morgan fingerprint density at radius 2 is 1.71 bits per heavy atom. The number of benzene rings is 1. The van der Waals surface area contributed by atoms with E-state index >= 15 is 0 Å². The van der Waals surface area contributed by atoms with Crippen molar-refractivity contribution in [2.75, 3.05) is 58.5 Å². The van der Waals surface area contributed by atoms with Crippen molar-refractivity contribution in [3.63, 3.8) is 0 Å². The van der Waals surface area contributed by atoms with Crippen LogP contribution in [0, 0.1) is 0 Å². The lowest BCUT2D eigenvalue weighted by atomic mass is 10.1. The first-order chi connectivity index (χ1) is 11.7. The van der Waals surface area contributed by atoms with Gasteiger partial charge in [-0.1, -0.05) is 18.2 Å². The Labute approximate surface area is 142 Å². The summed E-state index contributed by atoms with van der Waals surface area (Å²) in [4.78, 5) is 27.5. The molecule has 0 aromatic heterocycles. The normalized spacial score (nSPS) is 14.6. The van der Waals surface area contributed by atoms with Crippen LogP contribution < -0.4 is 10.2 Å². The highest BCUT2D eigenvalue weighted by atomic mass is 16.5. The molecule has 0 atom stereocenters. The average molecular weight is 335 g/mol. The summed E-state index contributed by atoms with van der Waals surface area (Å²) in [5.41, 5.74) is 2.15. The summed E-state index contributed by atoms with van der Waals surface area (Å²) < 4.78 is 9.73. The zero-order chi connectivity index (χ0) is 17.4. The number of nitrogens with zero attached hydrogens (tertiary/aromatic N) is 2. The lowest BCUT2D eigenvalue weighted by Gasteiger charge is -2.37. The lowest BCUT2D eigenvalue weighted by Crippen LogP contribution is -2.50. The van der Waals surface area contributed by atoms with Crippen molar-refractivity contribution in [1.29, 1.82) is 0 Å². The van der Waals surface area contributed by atoms with Gasteiger partial charge in [-0.05, 0) is 11.6 Å². The van der Waals surface area contributed by atoms with Gasteiger partial charge in [0, 0.05) is 52.6 Å². The minimum atomic E-state index is -0.137. The average Bonchev–Trinajstić information content (AvgIpc) is 2.61. The summed E-state index contributed by atoms with van der Waals surface area (Å²) in [7, 11) is 3.03. The zero-order valence-electron chi connectivity index (χ0n) is 14.3. The molecule has 1 aromatic carbocycles. The Kier molecular flexibility index (Phi) is 7.02. The van der Waals surface area contributed by atoms with Gasteiger partial charge < -0.3 is 24.6 Å². The molecule has 1 aliphatic heterocycles. The standard InChI is InChI=1S/C17H25N3O4/c1-23-12-16(21)18-11-14-5-3-4-6-15(14)19-7-9-20(10-8-19)17(22)13-24-2/h3-6H,7-13H2,1-2H3,(H,18,21). The summed E-state index contributed by atoms with van der Waals surface area (Å²) in [6.07, 6.45) is 0. The number of amides is 2. The number of carbonyl (C=O) groups excluding carboxylic acids is 2. The predicted octanol–water partition coefficient (Wildman–Crippen LogP) is 0.244. The molecule has 1 fully saturated rings. The highest BCUT2D eigenvalue weighted by Crippen LogP contribution is 2.22. The molecule has 1 saturated heterocycles. The number of rotatable bonds is 7. The van der Waals surface area contributed by atoms with Crippen molar-refractivity contribution in [3.8, 4) is 0 Å². The van der Waals surface area contributed by atoms with Crippen LogP contribution >= 0.6 is 0 Å². The second kappa shape index (κ2) is 9.24. The van der Waals surface area contributed by atoms with E-state index < -0.39 is 0 Å². The van der Waals surface area contributed by atoms with Crippen molar-refractivity contribution in [2.24, 2.45) is 0 Å². The molecule has 0 spiro atoms. The summed E-state index contributed by atoms with van der Waals surface area (Å²) in [6, 6.07) is 7.99. The van der Waals surface area contributed by atoms with E-state index in [9.17, 15) is 9.59 Å². The third-order valence-electron chi connectivity index (χ3n) is 3.98. The van der Waals surface area contributed by atoms with Gasteiger partial charge in [-0.2, -0.15) is 0 Å². The topological polar surface area (TPSA) is 71.1 Å². The molecule has 1 aromatic rings. The molecule has 2 rings (SSSR count). The number of methoxy groups -OCH3 is 2. The van der Waals surface area contributed by atoms with Gasteiger partial charge in [-0.15, -0.1) is 0 Å². The van der Waals surface area contributed by atoms with Crippen molar-refractivity contribution < 1.29 is 19.1 Å². The van der Waals surface area contributed by atoms with Crippen LogP contribution in [0.2, 0.25) is 0 Å². The van der Waals surface area contributed by atoms with Gasteiger partial charge in [0.15, 0.2) is 0 Å². The van der Waals surface area contributed by atoms with E-state index in [0.717, 1.165) is 24.3 Å². The molecule has 0 radical (unpaired) electrons. The number of carbonyl (C=O) groups is 2. The second-order valence-electron chi connectivity index (χ2n) is 5.64. The molecule has 0 saturated carbocycles. The van der Waals surface area contributed by atoms with E-state index in [-0.39, 0.29) is 25.0 Å². The molecule has 1 heterocycles. The molecule has 7 nitrogen and oxygen atoms in total. The van der Waals surface area contributed by atoms with Crippen molar-refractivity contribution in [2.45, 2.75) is 6.54 Å². The molecule has 1 aliphatic rings. The van der Waals surface area contributed by atoms with E-state index in [1.807, 2.05) is 29.2 Å². The lowest BCUT2D eigenvalue weighted by molar-refractivity contribution is -0.135. The quantitative estimate of drug-likeness (QED) is 0.773. The van der Waals surface area contributed by atoms with Crippen molar-refractivity contribution in [3.05, 3.63) is 29.8 Å². The Morgan fingerprint density at radius 1 is 1.04 bits per heavy atom. The van der Waals surface area contributed by atoms with Crippen LogP contribution in [0.3, 0.4) is 0 Å². The molecule has 7 heteroatoms. The maximum Gasteiger partial charge on any atom is 0.248 e. The fourth-order valence-electron chi connectivity index (χ4n) is 2.76. The van der Waals surface area contributed by atoms with Gasteiger partial charge in [-0.25, -0.2) is 0 Å². The highest BCUT2D eigenvalue weighted by Gasteiger charge is 2.22. The van der Waals surface area contributed by atoms with E-state index in [0.29, 0.717) is 19.6 Å². The van der Waals surface area contributed by atoms with Crippen molar-refractivity contribution >= 4 is 17.5 Å². The van der Waals surface area contributed by atoms with Gasteiger partial charge >= 0.3 is 0 Å². The molecule has 0 aliphatic carbocycles. The Balaban J connectivity index is 1.95. The third kappa shape index (κ3) is 4.94. The van der Waals surface area contributed by atoms with E-state index in [4.69, 9.17) is 9.47 Å². The number of nitrogens with one attached hydrogen (secondary N) is 1. The summed E-state index contributed by atoms with van der Waals surface area (Å²) in [6.45, 7) is 3.52. The van der Waals surface area contributed by atoms with Crippen molar-refractivity contribution in [1.82, 2.24) is 10.2 Å². The van der Waals surface area contributed by atoms with Crippen LogP contribution in [0.25, 0.3) is 0 Å². The fourth-order valence-corrected chi connectivity index (χ4v) is 2.76. The van der Waals surface area contributed by atoms with Crippen LogP contribution in [-0.2, 0) is 25.6 Å². The first-order valence-electron chi connectivity index (χ1n) is 8.01. The Bertz CT molecular complexity index is 557. The Morgan fingerprint density at radius 3 is 2.38 bits per heavy atom. The van der Waals surface area contributed by atoms with Crippen LogP contribution in [-0.4, -0.2) is 70.3 Å². The molecule has 2 amide bonds. The van der Waals surface area contributed by atoms with Gasteiger partial charge in [0.05, 0.1) is 0 Å². The molecule has 0 bridgehead atoms. The summed E-state index contributed by atoms with van der Waals surface area (Å²) in [5, 5.41) is 2.85. The van der Waals surface area contributed by atoms with Gasteiger partial charge in [-0.3, -0.25) is 9.59 Å². The number of para-hydroxylation sites is 1. The zero-order valence-corrected chi connectivity index (χ0v) is 14.3. The Hall–Kier alpha value is -2.12. The maximum atomic E-state index is 11.9. The van der Waals surface area contributed by atoms with E-state index in [1.54, 1.807) is 0 Å². The van der Waals surface area contributed by atoms with E-state index in [1.165, 1.54) is 14.2 Å². The summed E-state index contributed by atoms with van der Waals surface area (Å²) >= 11 is 0. The highest BCUT2D eigenvalue weighted by molar-refractivity contribution is 5.78. The number of anilines is 1. The third-order valence-corrected chi connectivity index (χ3v) is 3.98. The van der Waals surface area contributed by atoms with Crippen LogP contribution in [0.15, 0.2) is 24.3 Å². The van der Waals surface area contributed by atoms with Gasteiger partial charge in [0.2, 0.25) is 11.8 Å². The predicted molar refractivity (Wildman–Crippen MR) is 90.8 cm³/mol. The monoisotopic (exact) mass is 335 g/mol. The molecule has 1 N–H and O–H groups in total. The van der Waals surface area contributed by atoms with Gasteiger partial charge in [0.25, 0.3) is 0 Å². The minimum absolute atomic E-state index is 0.0252.